The third kappa shape index (κ3) is 59.3. The number of hydrogen-bond acceptors (Lipinski definition) is 5. The molecule has 0 rings (SSSR count). The zero-order valence-electron chi connectivity index (χ0n) is 49.8. The Kier molecular flexibility index (Phi) is 62.0. The number of aliphatic hydroxyl groups is 2. The number of unbranched alkanes of at least 4 members (excludes halogenated alkanes) is 47. The molecule has 3 N–H and O–H groups in total. The van der Waals surface area contributed by atoms with Crippen molar-refractivity contribution in [2.75, 3.05) is 13.2 Å². The number of rotatable bonds is 62. The molecule has 0 aliphatic carbocycles. The molecule has 0 aliphatic heterocycles. The van der Waals surface area contributed by atoms with Crippen LogP contribution in [0.25, 0.3) is 0 Å². The lowest BCUT2D eigenvalue weighted by Gasteiger charge is -2.20. The van der Waals surface area contributed by atoms with Crippen molar-refractivity contribution in [2.24, 2.45) is 0 Å². The normalized spacial score (nSPS) is 12.8. The van der Waals surface area contributed by atoms with Gasteiger partial charge in [0.25, 0.3) is 0 Å². The van der Waals surface area contributed by atoms with Gasteiger partial charge in [0, 0.05) is 12.8 Å². The van der Waals surface area contributed by atoms with Crippen molar-refractivity contribution >= 4 is 11.9 Å². The fourth-order valence-corrected chi connectivity index (χ4v) is 10.3. The first kappa shape index (κ1) is 72.1. The maximum Gasteiger partial charge on any atom is 0.305 e. The van der Waals surface area contributed by atoms with E-state index in [1.54, 1.807) is 6.08 Å². The molecule has 0 saturated heterocycles. The maximum atomic E-state index is 12.5. The highest BCUT2D eigenvalue weighted by Gasteiger charge is 2.18. The molecule has 0 saturated carbocycles. The standard InChI is InChI=1S/C68H129NO5/c1-3-5-7-9-11-13-15-17-19-20-21-22-23-24-25-26-27-29-33-36-40-44-48-52-56-60-66(71)65(64-70)69-67(72)61-57-53-49-45-41-37-34-30-28-31-35-39-43-47-51-55-59-63-74-68(73)62-58-54-50-46-42-38-32-18-16-14-12-10-8-6-4-2/h12,14,18,32,56,60,65-66,70-71H,3-11,13,15-17,19-31,33-55,57-59,61-64H2,1-2H3,(H,69,72)/b14-12-,32-18-,60-56+. The lowest BCUT2D eigenvalue weighted by atomic mass is 10.0. The molecule has 6 nitrogen and oxygen atoms in total. The second kappa shape index (κ2) is 63.6. The third-order valence-corrected chi connectivity index (χ3v) is 15.4. The van der Waals surface area contributed by atoms with Crippen molar-refractivity contribution in [1.29, 1.82) is 0 Å². The molecule has 2 unspecified atom stereocenters. The molecule has 0 radical (unpaired) electrons. The van der Waals surface area contributed by atoms with Crippen molar-refractivity contribution in [1.82, 2.24) is 5.32 Å². The predicted octanol–water partition coefficient (Wildman–Crippen LogP) is 21.1. The van der Waals surface area contributed by atoms with E-state index in [4.69, 9.17) is 4.74 Å². The average molecular weight is 1040 g/mol. The molecule has 74 heavy (non-hydrogen) atoms. The van der Waals surface area contributed by atoms with E-state index in [-0.39, 0.29) is 18.5 Å². The number of allylic oxidation sites excluding steroid dienone is 5. The minimum Gasteiger partial charge on any atom is -0.466 e. The first-order valence-electron chi connectivity index (χ1n) is 33.3. The topological polar surface area (TPSA) is 95.9 Å². The number of hydrogen-bond donors (Lipinski definition) is 3. The van der Waals surface area contributed by atoms with Crippen LogP contribution in [-0.4, -0.2) is 47.4 Å². The Hall–Kier alpha value is -1.92. The van der Waals surface area contributed by atoms with Crippen LogP contribution in [0.3, 0.4) is 0 Å². The molecule has 6 heteroatoms. The zero-order chi connectivity index (χ0) is 53.6. The monoisotopic (exact) mass is 1040 g/mol. The molecule has 2 atom stereocenters. The van der Waals surface area contributed by atoms with Crippen molar-refractivity contribution < 1.29 is 24.5 Å². The van der Waals surface area contributed by atoms with Gasteiger partial charge in [0.15, 0.2) is 0 Å². The van der Waals surface area contributed by atoms with Crippen LogP contribution >= 0.6 is 0 Å². The smallest absolute Gasteiger partial charge is 0.305 e. The van der Waals surface area contributed by atoms with Gasteiger partial charge in [0.05, 0.1) is 25.4 Å². The molecule has 0 aromatic carbocycles. The van der Waals surface area contributed by atoms with Crippen LogP contribution in [0.2, 0.25) is 0 Å². The number of carbonyl (C=O) groups excluding carboxylic acids is 2. The summed E-state index contributed by atoms with van der Waals surface area (Å²) in [5.41, 5.74) is 0. The molecule has 0 heterocycles. The van der Waals surface area contributed by atoms with E-state index in [1.165, 1.54) is 283 Å². The lowest BCUT2D eigenvalue weighted by molar-refractivity contribution is -0.143. The summed E-state index contributed by atoms with van der Waals surface area (Å²) in [5, 5.41) is 23.3. The van der Waals surface area contributed by atoms with Gasteiger partial charge >= 0.3 is 5.97 Å². The van der Waals surface area contributed by atoms with Gasteiger partial charge in [-0.25, -0.2) is 0 Å². The Morgan fingerprint density at radius 2 is 0.676 bits per heavy atom. The Bertz CT molecular complexity index is 1200. The first-order chi connectivity index (χ1) is 36.5. The number of ether oxygens (including phenoxy) is 1. The third-order valence-electron chi connectivity index (χ3n) is 15.4. The summed E-state index contributed by atoms with van der Waals surface area (Å²) in [6.45, 7) is 4.89. The number of esters is 1. The molecule has 1 amide bonds. The minimum absolute atomic E-state index is 0.00894. The highest BCUT2D eigenvalue weighted by atomic mass is 16.5. The van der Waals surface area contributed by atoms with Gasteiger partial charge in [0.2, 0.25) is 5.91 Å². The van der Waals surface area contributed by atoms with Gasteiger partial charge in [-0.15, -0.1) is 0 Å². The highest BCUT2D eigenvalue weighted by Crippen LogP contribution is 2.18. The Morgan fingerprint density at radius 3 is 1.05 bits per heavy atom. The number of amides is 1. The largest absolute Gasteiger partial charge is 0.466 e. The van der Waals surface area contributed by atoms with Gasteiger partial charge in [-0.3, -0.25) is 9.59 Å². The van der Waals surface area contributed by atoms with Gasteiger partial charge in [-0.1, -0.05) is 320 Å². The first-order valence-corrected chi connectivity index (χ1v) is 33.3. The van der Waals surface area contributed by atoms with Crippen LogP contribution in [0.15, 0.2) is 36.5 Å². The summed E-state index contributed by atoms with van der Waals surface area (Å²) < 4.78 is 5.48. The van der Waals surface area contributed by atoms with E-state index < -0.39 is 12.1 Å². The average Bonchev–Trinajstić information content (AvgIpc) is 3.40. The van der Waals surface area contributed by atoms with Gasteiger partial charge in [-0.2, -0.15) is 0 Å². The van der Waals surface area contributed by atoms with Crippen LogP contribution in [0, 0.1) is 0 Å². The molecule has 0 aromatic rings. The molecular weight excluding hydrogens is 911 g/mol. The van der Waals surface area contributed by atoms with E-state index in [9.17, 15) is 19.8 Å². The zero-order valence-corrected chi connectivity index (χ0v) is 49.8. The minimum atomic E-state index is -0.850. The fourth-order valence-electron chi connectivity index (χ4n) is 10.3. The predicted molar refractivity (Wildman–Crippen MR) is 324 cm³/mol. The van der Waals surface area contributed by atoms with Gasteiger partial charge < -0.3 is 20.3 Å². The van der Waals surface area contributed by atoms with Crippen LogP contribution < -0.4 is 5.32 Å². The fraction of sp³-hybridized carbons (Fsp3) is 0.882. The molecule has 436 valence electrons. The Morgan fingerprint density at radius 1 is 0.378 bits per heavy atom. The van der Waals surface area contributed by atoms with Crippen LogP contribution in [0.4, 0.5) is 0 Å². The lowest BCUT2D eigenvalue weighted by Crippen LogP contribution is -2.45. The number of nitrogens with one attached hydrogen (secondary N) is 1. The summed E-state index contributed by atoms with van der Waals surface area (Å²) in [5.74, 6) is -0.0791. The Balaban J connectivity index is 3.45. The van der Waals surface area contributed by atoms with Crippen molar-refractivity contribution in [3.8, 4) is 0 Å². The van der Waals surface area contributed by atoms with Crippen LogP contribution in [-0.2, 0) is 14.3 Å². The molecule has 0 bridgehead atoms. The summed E-state index contributed by atoms with van der Waals surface area (Å²) in [4.78, 5) is 24.6. The van der Waals surface area contributed by atoms with E-state index in [0.717, 1.165) is 51.4 Å². The van der Waals surface area contributed by atoms with Gasteiger partial charge in [-0.05, 0) is 64.2 Å². The van der Waals surface area contributed by atoms with E-state index in [2.05, 4.69) is 43.5 Å². The SMILES string of the molecule is CCCCC/C=C\C/C=C\CCCCCCCC(=O)OCCCCCCCCCCCCCCCCCCCC(=O)NC(CO)C(O)/C=C/CCCCCCCCCCCCCCCCCCCCCCCCC. The van der Waals surface area contributed by atoms with Crippen molar-refractivity contribution in [3.05, 3.63) is 36.5 Å². The van der Waals surface area contributed by atoms with Gasteiger partial charge in [0.1, 0.15) is 0 Å². The molecule has 0 aromatic heterocycles. The second-order valence-corrected chi connectivity index (χ2v) is 22.8. The summed E-state index contributed by atoms with van der Waals surface area (Å²) in [6, 6.07) is -0.634. The summed E-state index contributed by atoms with van der Waals surface area (Å²) in [7, 11) is 0. The number of aliphatic hydroxyl groups excluding tert-OH is 2. The number of carbonyl (C=O) groups is 2. The Labute approximate surface area is 462 Å². The maximum absolute atomic E-state index is 12.5. The highest BCUT2D eigenvalue weighted by molar-refractivity contribution is 5.76. The molecular formula is C68H129NO5. The quantitative estimate of drug-likeness (QED) is 0.0320. The van der Waals surface area contributed by atoms with E-state index in [0.29, 0.717) is 19.4 Å². The van der Waals surface area contributed by atoms with Crippen LogP contribution in [0.1, 0.15) is 361 Å². The van der Waals surface area contributed by atoms with Crippen molar-refractivity contribution in [2.45, 2.75) is 373 Å². The molecule has 0 fully saturated rings. The van der Waals surface area contributed by atoms with E-state index >= 15 is 0 Å². The summed E-state index contributed by atoms with van der Waals surface area (Å²) >= 11 is 0. The second-order valence-electron chi connectivity index (χ2n) is 22.8. The molecule has 0 aliphatic rings. The van der Waals surface area contributed by atoms with Crippen LogP contribution in [0.5, 0.6) is 0 Å². The van der Waals surface area contributed by atoms with E-state index in [1.807, 2.05) is 6.08 Å². The summed E-state index contributed by atoms with van der Waals surface area (Å²) in [6.07, 6.45) is 80.5. The molecule has 0 spiro atoms. The van der Waals surface area contributed by atoms with Crippen molar-refractivity contribution in [3.63, 3.8) is 0 Å².